The third kappa shape index (κ3) is 4.10. The Morgan fingerprint density at radius 2 is 1.54 bits per heavy atom. The summed E-state index contributed by atoms with van der Waals surface area (Å²) in [6, 6.07) is 17.7. The average molecular weight is 367 g/mol. The quantitative estimate of drug-likeness (QED) is 0.623. The molecular weight excluding hydrogens is 350 g/mol. The fourth-order valence-corrected chi connectivity index (χ4v) is 3.07. The zero-order valence-electron chi connectivity index (χ0n) is 14.3. The van der Waals surface area contributed by atoms with Crippen LogP contribution in [0.4, 0.5) is 5.69 Å². The van der Waals surface area contributed by atoms with E-state index in [1.807, 2.05) is 24.3 Å². The average Bonchev–Trinajstić information content (AvgIpc) is 3.14. The van der Waals surface area contributed by atoms with Crippen molar-refractivity contribution in [2.45, 2.75) is 6.92 Å². The number of methoxy groups -OCH3 is 1. The predicted octanol–water partition coefficient (Wildman–Crippen LogP) is 5.00. The summed E-state index contributed by atoms with van der Waals surface area (Å²) >= 11 is 1.18. The molecule has 0 saturated heterocycles. The van der Waals surface area contributed by atoms with E-state index < -0.39 is 0 Å². The smallest absolute Gasteiger partial charge is 0.265 e. The lowest BCUT2D eigenvalue weighted by Crippen LogP contribution is -2.09. The lowest BCUT2D eigenvalue weighted by atomic mass is 10.3. The zero-order chi connectivity index (χ0) is 18.5. The highest BCUT2D eigenvalue weighted by atomic mass is 32.1. The minimum Gasteiger partial charge on any atom is -0.493 e. The molecule has 0 aliphatic heterocycles. The summed E-state index contributed by atoms with van der Waals surface area (Å²) in [4.78, 5) is 24.6. The van der Waals surface area contributed by atoms with Crippen molar-refractivity contribution < 1.29 is 19.1 Å². The Morgan fingerprint density at radius 1 is 0.885 bits per heavy atom. The molecule has 0 unspecified atom stereocenters. The van der Waals surface area contributed by atoms with Gasteiger partial charge in [-0.05, 0) is 55.5 Å². The third-order valence-corrected chi connectivity index (χ3v) is 4.77. The molecule has 0 aliphatic carbocycles. The van der Waals surface area contributed by atoms with Crippen LogP contribution in [0.25, 0.3) is 0 Å². The molecule has 0 spiro atoms. The summed E-state index contributed by atoms with van der Waals surface area (Å²) in [6.45, 7) is 1.48. The van der Waals surface area contributed by atoms with Gasteiger partial charge in [-0.15, -0.1) is 11.3 Å². The van der Waals surface area contributed by atoms with Crippen molar-refractivity contribution >= 4 is 28.7 Å². The van der Waals surface area contributed by atoms with E-state index in [4.69, 9.17) is 9.47 Å². The Kier molecular flexibility index (Phi) is 5.34. The third-order valence-electron chi connectivity index (χ3n) is 3.59. The van der Waals surface area contributed by atoms with Gasteiger partial charge in [0, 0.05) is 5.69 Å². The Balaban J connectivity index is 1.67. The van der Waals surface area contributed by atoms with E-state index in [1.165, 1.54) is 18.3 Å². The van der Waals surface area contributed by atoms with Gasteiger partial charge in [-0.25, -0.2) is 0 Å². The van der Waals surface area contributed by atoms with Crippen LogP contribution in [0, 0.1) is 0 Å². The maximum Gasteiger partial charge on any atom is 0.265 e. The first-order valence-electron chi connectivity index (χ1n) is 7.90. The van der Waals surface area contributed by atoms with Crippen LogP contribution in [0.3, 0.4) is 0 Å². The van der Waals surface area contributed by atoms with E-state index in [-0.39, 0.29) is 11.7 Å². The van der Waals surface area contributed by atoms with E-state index in [9.17, 15) is 9.59 Å². The number of hydrogen-bond acceptors (Lipinski definition) is 5. The normalized spacial score (nSPS) is 10.2. The van der Waals surface area contributed by atoms with E-state index in [2.05, 4.69) is 5.32 Å². The van der Waals surface area contributed by atoms with Crippen molar-refractivity contribution in [2.24, 2.45) is 0 Å². The molecule has 132 valence electrons. The number of anilines is 1. The van der Waals surface area contributed by atoms with Crippen molar-refractivity contribution in [3.63, 3.8) is 0 Å². The molecule has 3 rings (SSSR count). The van der Waals surface area contributed by atoms with Gasteiger partial charge in [0.05, 0.1) is 16.9 Å². The van der Waals surface area contributed by atoms with Crippen molar-refractivity contribution in [3.8, 4) is 17.2 Å². The first kappa shape index (κ1) is 17.7. The van der Waals surface area contributed by atoms with Crippen molar-refractivity contribution in [3.05, 3.63) is 70.4 Å². The van der Waals surface area contributed by atoms with E-state index in [0.717, 1.165) is 0 Å². The molecule has 1 N–H and O–H groups in total. The number of nitrogens with one attached hydrogen (secondary N) is 1. The second-order valence-corrected chi connectivity index (χ2v) is 6.54. The lowest BCUT2D eigenvalue weighted by molar-refractivity contribution is 0.101. The van der Waals surface area contributed by atoms with Crippen LogP contribution < -0.4 is 14.8 Å². The molecule has 2 aromatic carbocycles. The molecule has 0 radical (unpaired) electrons. The van der Waals surface area contributed by atoms with Gasteiger partial charge in [0.15, 0.2) is 17.3 Å². The fourth-order valence-electron chi connectivity index (χ4n) is 2.28. The van der Waals surface area contributed by atoms with Crippen LogP contribution in [0.5, 0.6) is 17.2 Å². The van der Waals surface area contributed by atoms with Crippen LogP contribution in [0.15, 0.2) is 60.7 Å². The predicted molar refractivity (Wildman–Crippen MR) is 102 cm³/mol. The molecule has 5 nitrogen and oxygen atoms in total. The molecule has 6 heteroatoms. The first-order chi connectivity index (χ1) is 12.6. The van der Waals surface area contributed by atoms with Gasteiger partial charge < -0.3 is 14.8 Å². The highest BCUT2D eigenvalue weighted by Crippen LogP contribution is 2.31. The highest BCUT2D eigenvalue weighted by molar-refractivity contribution is 7.16. The zero-order valence-corrected chi connectivity index (χ0v) is 15.1. The summed E-state index contributed by atoms with van der Waals surface area (Å²) in [5.74, 6) is 1.58. The van der Waals surface area contributed by atoms with Gasteiger partial charge in [0.2, 0.25) is 0 Å². The minimum atomic E-state index is -0.249. The van der Waals surface area contributed by atoms with Crippen molar-refractivity contribution in [1.29, 1.82) is 0 Å². The number of benzene rings is 2. The molecule has 0 fully saturated rings. The van der Waals surface area contributed by atoms with E-state index in [0.29, 0.717) is 32.7 Å². The number of hydrogen-bond donors (Lipinski definition) is 1. The monoisotopic (exact) mass is 367 g/mol. The number of para-hydroxylation sites is 2. The maximum absolute atomic E-state index is 12.2. The van der Waals surface area contributed by atoms with Crippen LogP contribution >= 0.6 is 11.3 Å². The highest BCUT2D eigenvalue weighted by Gasteiger charge is 2.12. The Hall–Kier alpha value is -3.12. The van der Waals surface area contributed by atoms with Gasteiger partial charge in [-0.2, -0.15) is 0 Å². The number of carbonyl (C=O) groups excluding carboxylic acids is 2. The molecule has 0 aliphatic rings. The summed E-state index contributed by atoms with van der Waals surface area (Å²) in [5, 5.41) is 2.80. The fraction of sp³-hybridized carbons (Fsp3) is 0.100. The van der Waals surface area contributed by atoms with Crippen LogP contribution in [-0.4, -0.2) is 18.8 Å². The number of Topliss-reactive ketones (excluding diaryl/α,β-unsaturated/α-hetero) is 1. The van der Waals surface area contributed by atoms with E-state index in [1.54, 1.807) is 43.5 Å². The maximum atomic E-state index is 12.2. The minimum absolute atomic E-state index is 0.0492. The van der Waals surface area contributed by atoms with Crippen molar-refractivity contribution in [2.75, 3.05) is 12.4 Å². The molecule has 3 aromatic rings. The summed E-state index contributed by atoms with van der Waals surface area (Å²) in [5.41, 5.74) is 0.639. The molecule has 1 heterocycles. The molecule has 26 heavy (non-hydrogen) atoms. The summed E-state index contributed by atoms with van der Waals surface area (Å²) in [7, 11) is 1.59. The van der Waals surface area contributed by atoms with Crippen LogP contribution in [0.1, 0.15) is 26.3 Å². The van der Waals surface area contributed by atoms with Crippen LogP contribution in [0.2, 0.25) is 0 Å². The van der Waals surface area contributed by atoms with Crippen molar-refractivity contribution in [1.82, 2.24) is 0 Å². The SMILES string of the molecule is COc1ccccc1Oc1ccc(NC(=O)c2ccc(C(C)=O)s2)cc1. The molecule has 0 bridgehead atoms. The largest absolute Gasteiger partial charge is 0.493 e. The second kappa shape index (κ2) is 7.84. The number of rotatable bonds is 6. The number of thiophene rings is 1. The lowest BCUT2D eigenvalue weighted by Gasteiger charge is -2.10. The van der Waals surface area contributed by atoms with Gasteiger partial charge in [0.1, 0.15) is 5.75 Å². The molecule has 0 saturated carbocycles. The Bertz CT molecular complexity index is 931. The van der Waals surface area contributed by atoms with Gasteiger partial charge >= 0.3 is 0 Å². The molecule has 1 amide bonds. The molecular formula is C20H17NO4S. The summed E-state index contributed by atoms with van der Waals surface area (Å²) < 4.78 is 11.1. The standard InChI is InChI=1S/C20H17NO4S/c1-13(22)18-11-12-19(26-18)20(23)21-14-7-9-15(10-8-14)25-17-6-4-3-5-16(17)24-2/h3-12H,1-2H3,(H,21,23). The number of ketones is 1. The second-order valence-electron chi connectivity index (χ2n) is 5.45. The first-order valence-corrected chi connectivity index (χ1v) is 8.71. The van der Waals surface area contributed by atoms with Gasteiger partial charge in [0.25, 0.3) is 5.91 Å². The van der Waals surface area contributed by atoms with E-state index >= 15 is 0 Å². The number of carbonyl (C=O) groups is 2. The topological polar surface area (TPSA) is 64.6 Å². The number of ether oxygens (including phenoxy) is 2. The Labute approximate surface area is 155 Å². The summed E-state index contributed by atoms with van der Waals surface area (Å²) in [6.07, 6.45) is 0. The molecule has 1 aromatic heterocycles. The van der Waals surface area contributed by atoms with Gasteiger partial charge in [-0.1, -0.05) is 12.1 Å². The van der Waals surface area contributed by atoms with Gasteiger partial charge in [-0.3, -0.25) is 9.59 Å². The molecule has 0 atom stereocenters. The number of amides is 1. The van der Waals surface area contributed by atoms with Crippen LogP contribution in [-0.2, 0) is 0 Å². The Morgan fingerprint density at radius 3 is 2.15 bits per heavy atom.